The molecule has 0 atom stereocenters. The van der Waals surface area contributed by atoms with Crippen molar-refractivity contribution in [3.05, 3.63) is 65.6 Å². The molecule has 6 aromatic heterocycles. The van der Waals surface area contributed by atoms with E-state index in [0.717, 1.165) is 12.8 Å². The number of hydrogen-bond donors (Lipinski definition) is 5. The Kier molecular flexibility index (Phi) is 12.0. The second kappa shape index (κ2) is 17.4. The Hall–Kier alpha value is -7.36. The predicted molar refractivity (Wildman–Crippen MR) is 205 cm³/mol. The topological polar surface area (TPSA) is 269 Å². The summed E-state index contributed by atoms with van der Waals surface area (Å²) in [6.07, 6.45) is 8.11. The van der Waals surface area contributed by atoms with Crippen LogP contribution in [-0.4, -0.2) is 106 Å². The number of halogens is 1. The van der Waals surface area contributed by atoms with Gasteiger partial charge in [0.05, 0.1) is 49.1 Å². The molecule has 0 bridgehead atoms. The molecule has 1 fully saturated rings. The van der Waals surface area contributed by atoms with Gasteiger partial charge in [0.15, 0.2) is 45.5 Å². The first-order chi connectivity index (χ1) is 27.5. The maximum Gasteiger partial charge on any atom is 0.273 e. The van der Waals surface area contributed by atoms with Gasteiger partial charge in [0, 0.05) is 58.6 Å². The van der Waals surface area contributed by atoms with E-state index >= 15 is 0 Å². The minimum absolute atomic E-state index is 0.00208. The molecule has 22 nitrogen and oxygen atoms in total. The third-order valence-electron chi connectivity index (χ3n) is 8.12. The summed E-state index contributed by atoms with van der Waals surface area (Å²) in [4.78, 5) is 47.9. The fraction of sp³-hybridized carbons (Fsp3) is 0.265. The zero-order chi connectivity index (χ0) is 40.6. The lowest BCUT2D eigenvalue weighted by Crippen LogP contribution is -2.22. The number of anilines is 5. The van der Waals surface area contributed by atoms with Gasteiger partial charge in [0.2, 0.25) is 5.91 Å². The van der Waals surface area contributed by atoms with Gasteiger partial charge in [-0.05, 0) is 25.0 Å². The molecule has 1 aliphatic rings. The fourth-order valence-corrected chi connectivity index (χ4v) is 5.39. The molecule has 0 saturated heterocycles. The van der Waals surface area contributed by atoms with Crippen molar-refractivity contribution in [1.29, 1.82) is 0 Å². The Bertz CT molecular complexity index is 2430. The minimum Gasteiger partial charge on any atom is -0.492 e. The molecule has 0 unspecified atom stereocenters. The number of ether oxygens (including phenoxy) is 2. The highest BCUT2D eigenvalue weighted by Gasteiger charge is 2.30. The van der Waals surface area contributed by atoms with Gasteiger partial charge in [-0.1, -0.05) is 11.6 Å². The number of rotatable bonds is 12. The van der Waals surface area contributed by atoms with Crippen LogP contribution < -0.4 is 36.1 Å². The van der Waals surface area contributed by atoms with E-state index in [0.29, 0.717) is 57.0 Å². The second-order valence-corrected chi connectivity index (χ2v) is 12.4. The normalized spacial score (nSPS) is 11.8. The number of aryl methyl sites for hydroxylation is 2. The molecular weight excluding hydrogens is 762 g/mol. The number of amides is 3. The Morgan fingerprint density at radius 1 is 0.737 bits per heavy atom. The lowest BCUT2D eigenvalue weighted by Gasteiger charge is -2.15. The summed E-state index contributed by atoms with van der Waals surface area (Å²) >= 11 is 5.92. The van der Waals surface area contributed by atoms with Crippen LogP contribution >= 0.6 is 11.6 Å². The van der Waals surface area contributed by atoms with Gasteiger partial charge in [-0.2, -0.15) is 30.0 Å². The maximum atomic E-state index is 12.3. The molecule has 1 aliphatic carbocycles. The van der Waals surface area contributed by atoms with Gasteiger partial charge in [-0.25, -0.2) is 9.97 Å². The van der Waals surface area contributed by atoms with Gasteiger partial charge in [0.25, 0.3) is 11.8 Å². The Balaban J connectivity index is 0.000000196. The number of hydrogen-bond acceptors (Lipinski definition) is 17. The maximum absolute atomic E-state index is 12.3. The number of pyridine rings is 2. The van der Waals surface area contributed by atoms with E-state index in [2.05, 4.69) is 77.3 Å². The molecular formula is C34H36ClN17O5. The van der Waals surface area contributed by atoms with Gasteiger partial charge in [-0.3, -0.25) is 14.4 Å². The largest absolute Gasteiger partial charge is 0.492 e. The summed E-state index contributed by atoms with van der Waals surface area (Å²) < 4.78 is 11.1. The average molecular weight is 798 g/mol. The molecule has 5 N–H and O–H groups in total. The molecule has 0 spiro atoms. The first-order valence-corrected chi connectivity index (χ1v) is 17.4. The highest BCUT2D eigenvalue weighted by Crippen LogP contribution is 2.37. The minimum atomic E-state index is -0.445. The molecule has 0 aromatic carbocycles. The summed E-state index contributed by atoms with van der Waals surface area (Å²) in [5.41, 5.74) is 3.33. The number of methoxy groups -OCH3 is 2. The number of nitrogens with one attached hydrogen (secondary N) is 5. The zero-order valence-electron chi connectivity index (χ0n) is 31.4. The lowest BCUT2D eigenvalue weighted by atomic mass is 10.2. The van der Waals surface area contributed by atoms with E-state index in [-0.39, 0.29) is 34.2 Å². The van der Waals surface area contributed by atoms with E-state index in [4.69, 9.17) is 21.1 Å². The molecule has 3 amide bonds. The third-order valence-corrected chi connectivity index (χ3v) is 8.30. The van der Waals surface area contributed by atoms with Crippen molar-refractivity contribution in [3.8, 4) is 34.0 Å². The smallest absolute Gasteiger partial charge is 0.273 e. The van der Waals surface area contributed by atoms with Crippen LogP contribution in [0.1, 0.15) is 33.8 Å². The zero-order valence-corrected chi connectivity index (χ0v) is 32.2. The van der Waals surface area contributed by atoms with Crippen LogP contribution in [0, 0.1) is 5.92 Å². The van der Waals surface area contributed by atoms with Crippen LogP contribution in [-0.2, 0) is 18.9 Å². The molecule has 294 valence electrons. The molecule has 1 saturated carbocycles. The van der Waals surface area contributed by atoms with E-state index in [1.165, 1.54) is 50.0 Å². The van der Waals surface area contributed by atoms with Crippen molar-refractivity contribution < 1.29 is 23.9 Å². The van der Waals surface area contributed by atoms with E-state index in [1.54, 1.807) is 51.0 Å². The molecule has 23 heteroatoms. The SMILES string of the molecule is CNC(=O)c1nnc(Cl)cc1Nc1nccc(-c2cnn(C)n2)c1OC.CNC(=O)c1nnc(NC(=O)C2CC2)cc1Nc1nccc(-c2cnn(C)n2)c1OC. The Morgan fingerprint density at radius 3 is 1.67 bits per heavy atom. The first-order valence-electron chi connectivity index (χ1n) is 17.0. The summed E-state index contributed by atoms with van der Waals surface area (Å²) in [5.74, 6) is 0.801. The lowest BCUT2D eigenvalue weighted by molar-refractivity contribution is -0.117. The predicted octanol–water partition coefficient (Wildman–Crippen LogP) is 2.56. The summed E-state index contributed by atoms with van der Waals surface area (Å²) in [6.45, 7) is 0. The van der Waals surface area contributed by atoms with E-state index in [9.17, 15) is 14.4 Å². The van der Waals surface area contributed by atoms with E-state index < -0.39 is 11.8 Å². The number of aromatic nitrogens is 12. The van der Waals surface area contributed by atoms with Gasteiger partial charge < -0.3 is 36.1 Å². The third kappa shape index (κ3) is 9.13. The second-order valence-electron chi connectivity index (χ2n) is 12.0. The summed E-state index contributed by atoms with van der Waals surface area (Å²) in [7, 11) is 9.44. The van der Waals surface area contributed by atoms with Crippen LogP contribution in [0.15, 0.2) is 49.1 Å². The van der Waals surface area contributed by atoms with Crippen LogP contribution in [0.5, 0.6) is 11.5 Å². The van der Waals surface area contributed by atoms with Crippen molar-refractivity contribution in [3.63, 3.8) is 0 Å². The van der Waals surface area contributed by atoms with Crippen molar-refractivity contribution in [2.45, 2.75) is 12.8 Å². The van der Waals surface area contributed by atoms with Gasteiger partial charge in [0.1, 0.15) is 11.4 Å². The van der Waals surface area contributed by atoms with Crippen molar-refractivity contribution in [2.24, 2.45) is 20.0 Å². The average Bonchev–Trinajstić information content (AvgIpc) is 3.85. The molecule has 57 heavy (non-hydrogen) atoms. The highest BCUT2D eigenvalue weighted by molar-refractivity contribution is 6.29. The van der Waals surface area contributed by atoms with E-state index in [1.807, 2.05) is 0 Å². The summed E-state index contributed by atoms with van der Waals surface area (Å²) in [6, 6.07) is 6.52. The fourth-order valence-electron chi connectivity index (χ4n) is 5.24. The quantitative estimate of drug-likeness (QED) is 0.119. The van der Waals surface area contributed by atoms with Crippen LogP contribution in [0.3, 0.4) is 0 Å². The van der Waals surface area contributed by atoms with Crippen LogP contribution in [0.2, 0.25) is 5.15 Å². The Labute approximate surface area is 329 Å². The van der Waals surface area contributed by atoms with Crippen molar-refractivity contribution in [2.75, 3.05) is 44.3 Å². The van der Waals surface area contributed by atoms with Crippen molar-refractivity contribution >= 4 is 58.2 Å². The summed E-state index contributed by atoms with van der Waals surface area (Å²) in [5, 5.41) is 46.2. The molecule has 6 aromatic rings. The van der Waals surface area contributed by atoms with Crippen LogP contribution in [0.25, 0.3) is 22.5 Å². The van der Waals surface area contributed by atoms with Gasteiger partial charge >= 0.3 is 0 Å². The number of nitrogens with zero attached hydrogens (tertiary/aromatic N) is 12. The monoisotopic (exact) mass is 797 g/mol. The molecule has 0 aliphatic heterocycles. The number of carbonyl (C=O) groups is 3. The van der Waals surface area contributed by atoms with Crippen LogP contribution in [0.4, 0.5) is 28.8 Å². The van der Waals surface area contributed by atoms with Gasteiger partial charge in [-0.15, -0.1) is 20.4 Å². The van der Waals surface area contributed by atoms with Crippen molar-refractivity contribution in [1.82, 2.24) is 71.0 Å². The molecule has 0 radical (unpaired) electrons. The standard InChI is InChI=1S/C19H21N9O3.C15H15ClN8O2/c1-20-19(30)15-12(8-14(25-26-15)24-18(29)10-4-5-10)23-17-16(31-3)11(6-7-21-17)13-9-22-28(2)27-13;1-17-15(25)12-9(6-11(16)21-22-12)20-14-13(26-3)8(4-5-18-14)10-7-19-24(2)23-10/h6-10H,4-5H2,1-3H3,(H,20,30)(H2,21,23,24,25,29);4-7H,1-3H3,(H,17,25)(H,18,20,21). The number of carbonyl (C=O) groups excluding carboxylic acids is 3. The first kappa shape index (κ1) is 39.3. The molecule has 7 rings (SSSR count). The Morgan fingerprint density at radius 2 is 1.23 bits per heavy atom. The molecule has 6 heterocycles. The highest BCUT2D eigenvalue weighted by atomic mass is 35.5.